The zero-order chi connectivity index (χ0) is 13.0. The molecule has 0 spiro atoms. The quantitative estimate of drug-likeness (QED) is 0.736. The number of carbonyl (C=O) groups is 1. The molecule has 0 heterocycles. The molecule has 0 N–H and O–H groups in total. The molecule has 0 saturated carbocycles. The monoisotopic (exact) mass is 240 g/mol. The van der Waals surface area contributed by atoms with Crippen molar-refractivity contribution in [2.75, 3.05) is 28.4 Å². The lowest BCUT2D eigenvalue weighted by molar-refractivity contribution is 0.101. The lowest BCUT2D eigenvalue weighted by atomic mass is 10.1. The average Bonchev–Trinajstić information content (AvgIpc) is 2.35. The van der Waals surface area contributed by atoms with E-state index in [1.807, 2.05) is 0 Å². The summed E-state index contributed by atoms with van der Waals surface area (Å²) < 4.78 is 20.7. The molecule has 0 aliphatic carbocycles. The molecule has 0 aliphatic heterocycles. The number of ether oxygens (including phenoxy) is 4. The Bertz CT molecular complexity index is 425. The van der Waals surface area contributed by atoms with Crippen molar-refractivity contribution in [1.82, 2.24) is 0 Å². The van der Waals surface area contributed by atoms with E-state index in [0.29, 0.717) is 28.6 Å². The third-order valence-electron chi connectivity index (χ3n) is 2.37. The molecule has 1 rings (SSSR count). The van der Waals surface area contributed by atoms with E-state index in [2.05, 4.69) is 0 Å². The predicted molar refractivity (Wildman–Crippen MR) is 62.7 cm³/mol. The van der Waals surface area contributed by atoms with Crippen LogP contribution in [0.2, 0.25) is 0 Å². The van der Waals surface area contributed by atoms with E-state index in [1.54, 1.807) is 6.07 Å². The van der Waals surface area contributed by atoms with Gasteiger partial charge in [-0.25, -0.2) is 0 Å². The van der Waals surface area contributed by atoms with Gasteiger partial charge in [0, 0.05) is 6.07 Å². The van der Waals surface area contributed by atoms with E-state index in [9.17, 15) is 4.79 Å². The number of hydrogen-bond donors (Lipinski definition) is 0. The van der Waals surface area contributed by atoms with Crippen molar-refractivity contribution in [3.05, 3.63) is 11.6 Å². The lowest BCUT2D eigenvalue weighted by Crippen LogP contribution is -2.05. The van der Waals surface area contributed by atoms with Crippen molar-refractivity contribution in [1.29, 1.82) is 0 Å². The Balaban J connectivity index is 3.61. The van der Waals surface area contributed by atoms with Crippen LogP contribution in [0.15, 0.2) is 6.07 Å². The third-order valence-corrected chi connectivity index (χ3v) is 2.37. The van der Waals surface area contributed by atoms with Crippen molar-refractivity contribution in [3.63, 3.8) is 0 Å². The number of benzene rings is 1. The van der Waals surface area contributed by atoms with Crippen molar-refractivity contribution < 1.29 is 23.7 Å². The first-order chi connectivity index (χ1) is 8.10. The van der Waals surface area contributed by atoms with E-state index in [4.69, 9.17) is 18.9 Å². The van der Waals surface area contributed by atoms with Gasteiger partial charge in [0.1, 0.15) is 11.3 Å². The van der Waals surface area contributed by atoms with Crippen LogP contribution in [0.4, 0.5) is 0 Å². The largest absolute Gasteiger partial charge is 0.496 e. The van der Waals surface area contributed by atoms with Gasteiger partial charge in [-0.2, -0.15) is 0 Å². The average molecular weight is 240 g/mol. The minimum atomic E-state index is -0.167. The van der Waals surface area contributed by atoms with E-state index in [-0.39, 0.29) is 5.78 Å². The third kappa shape index (κ3) is 2.27. The molecule has 0 aromatic heterocycles. The first-order valence-corrected chi connectivity index (χ1v) is 4.98. The molecule has 0 fully saturated rings. The minimum absolute atomic E-state index is 0.167. The molecule has 0 unspecified atom stereocenters. The van der Waals surface area contributed by atoms with Gasteiger partial charge in [0.2, 0.25) is 5.75 Å². The van der Waals surface area contributed by atoms with Gasteiger partial charge >= 0.3 is 0 Å². The molecule has 5 nitrogen and oxygen atoms in total. The number of carbonyl (C=O) groups excluding carboxylic acids is 1. The molecule has 1 aromatic rings. The van der Waals surface area contributed by atoms with Crippen LogP contribution < -0.4 is 18.9 Å². The van der Waals surface area contributed by atoms with E-state index < -0.39 is 0 Å². The zero-order valence-electron chi connectivity index (χ0n) is 10.6. The Morgan fingerprint density at radius 1 is 0.882 bits per heavy atom. The number of rotatable bonds is 5. The summed E-state index contributed by atoms with van der Waals surface area (Å²) in [4.78, 5) is 11.6. The highest BCUT2D eigenvalue weighted by atomic mass is 16.5. The van der Waals surface area contributed by atoms with Gasteiger partial charge in [0.15, 0.2) is 17.3 Å². The van der Waals surface area contributed by atoms with Crippen LogP contribution in [0.3, 0.4) is 0 Å². The molecular formula is C12H16O5. The van der Waals surface area contributed by atoms with Crippen molar-refractivity contribution >= 4 is 5.78 Å². The zero-order valence-corrected chi connectivity index (χ0v) is 10.6. The number of hydrogen-bond acceptors (Lipinski definition) is 5. The summed E-state index contributed by atoms with van der Waals surface area (Å²) in [7, 11) is 5.93. The SMILES string of the molecule is COc1cc(OC)c(C(C)=O)c(OC)c1OC. The van der Waals surface area contributed by atoms with Gasteiger partial charge in [-0.15, -0.1) is 0 Å². The Kier molecular flexibility index (Phi) is 4.20. The lowest BCUT2D eigenvalue weighted by Gasteiger charge is -2.17. The summed E-state index contributed by atoms with van der Waals surface area (Å²) in [6, 6.07) is 1.60. The molecule has 1 aromatic carbocycles. The van der Waals surface area contributed by atoms with Crippen LogP contribution in [-0.4, -0.2) is 34.2 Å². The Hall–Kier alpha value is -1.91. The second-order valence-corrected chi connectivity index (χ2v) is 3.28. The molecular weight excluding hydrogens is 224 g/mol. The summed E-state index contributed by atoms with van der Waals surface area (Å²) in [5, 5.41) is 0. The highest BCUT2D eigenvalue weighted by molar-refractivity contribution is 6.01. The van der Waals surface area contributed by atoms with Crippen molar-refractivity contribution in [3.8, 4) is 23.0 Å². The fraction of sp³-hybridized carbons (Fsp3) is 0.417. The van der Waals surface area contributed by atoms with Crippen LogP contribution in [0, 0.1) is 0 Å². The fourth-order valence-electron chi connectivity index (χ4n) is 1.63. The van der Waals surface area contributed by atoms with Crippen molar-refractivity contribution in [2.24, 2.45) is 0 Å². The minimum Gasteiger partial charge on any atom is -0.496 e. The smallest absolute Gasteiger partial charge is 0.204 e. The Morgan fingerprint density at radius 2 is 1.41 bits per heavy atom. The van der Waals surface area contributed by atoms with Crippen LogP contribution in [0.25, 0.3) is 0 Å². The van der Waals surface area contributed by atoms with Crippen LogP contribution in [0.1, 0.15) is 17.3 Å². The fourth-order valence-corrected chi connectivity index (χ4v) is 1.63. The molecule has 0 aliphatic rings. The topological polar surface area (TPSA) is 54.0 Å². The normalized spacial score (nSPS) is 9.71. The summed E-state index contributed by atoms with van der Waals surface area (Å²) in [6.07, 6.45) is 0. The van der Waals surface area contributed by atoms with E-state index in [0.717, 1.165) is 0 Å². The standard InChI is InChI=1S/C12H16O5/c1-7(13)10-8(14-2)6-9(15-3)11(16-4)12(10)17-5/h6H,1-5H3. The molecule has 17 heavy (non-hydrogen) atoms. The van der Waals surface area contributed by atoms with Crippen molar-refractivity contribution in [2.45, 2.75) is 6.92 Å². The van der Waals surface area contributed by atoms with E-state index >= 15 is 0 Å². The maximum atomic E-state index is 11.6. The summed E-state index contributed by atoms with van der Waals surface area (Å²) in [5.41, 5.74) is 0.340. The highest BCUT2D eigenvalue weighted by Gasteiger charge is 2.23. The first kappa shape index (κ1) is 13.2. The highest BCUT2D eigenvalue weighted by Crippen LogP contribution is 2.45. The number of ketones is 1. The molecule has 94 valence electrons. The van der Waals surface area contributed by atoms with Gasteiger partial charge in [0.05, 0.1) is 28.4 Å². The summed E-state index contributed by atoms with van der Waals surface area (Å²) in [6.45, 7) is 1.44. The van der Waals surface area contributed by atoms with Crippen LogP contribution in [0.5, 0.6) is 23.0 Å². The Labute approximate surface area is 100 Å². The van der Waals surface area contributed by atoms with E-state index in [1.165, 1.54) is 35.4 Å². The Morgan fingerprint density at radius 3 is 1.76 bits per heavy atom. The molecule has 0 radical (unpaired) electrons. The maximum Gasteiger partial charge on any atom is 0.204 e. The van der Waals surface area contributed by atoms with Crippen LogP contribution >= 0.6 is 0 Å². The summed E-state index contributed by atoms with van der Waals surface area (Å²) >= 11 is 0. The maximum absolute atomic E-state index is 11.6. The van der Waals surface area contributed by atoms with Crippen LogP contribution in [-0.2, 0) is 0 Å². The number of methoxy groups -OCH3 is 4. The molecule has 5 heteroatoms. The molecule has 0 amide bonds. The summed E-state index contributed by atoms with van der Waals surface area (Å²) in [5.74, 6) is 1.37. The number of Topliss-reactive ketones (excluding diaryl/α,β-unsaturated/α-hetero) is 1. The van der Waals surface area contributed by atoms with Gasteiger partial charge in [0.25, 0.3) is 0 Å². The second-order valence-electron chi connectivity index (χ2n) is 3.28. The first-order valence-electron chi connectivity index (χ1n) is 4.98. The molecule has 0 saturated heterocycles. The molecule has 0 bridgehead atoms. The predicted octanol–water partition coefficient (Wildman–Crippen LogP) is 1.92. The van der Waals surface area contributed by atoms with Gasteiger partial charge in [-0.05, 0) is 6.92 Å². The second kappa shape index (κ2) is 5.43. The molecule has 0 atom stereocenters. The van der Waals surface area contributed by atoms with Gasteiger partial charge in [-0.1, -0.05) is 0 Å². The van der Waals surface area contributed by atoms with Gasteiger partial charge in [-0.3, -0.25) is 4.79 Å². The van der Waals surface area contributed by atoms with Gasteiger partial charge < -0.3 is 18.9 Å².